The molecule has 0 spiro atoms. The van der Waals surface area contributed by atoms with Gasteiger partial charge in [0.2, 0.25) is 15.9 Å². The Morgan fingerprint density at radius 2 is 1.73 bits per heavy atom. The van der Waals surface area contributed by atoms with Gasteiger partial charge in [0.15, 0.2) is 0 Å². The summed E-state index contributed by atoms with van der Waals surface area (Å²) in [6.07, 6.45) is 1.47. The van der Waals surface area contributed by atoms with Crippen LogP contribution in [0.2, 0.25) is 0 Å². The number of hydrogen-bond acceptors (Lipinski definition) is 4. The minimum absolute atomic E-state index is 0.311. The van der Waals surface area contributed by atoms with E-state index < -0.39 is 16.1 Å². The SMILES string of the molecule is CC[C@H](C(=O)NCc1ccc(OC)cc1)N(c1ccccc1)S(C)(=O)=O. The fourth-order valence-corrected chi connectivity index (χ4v) is 3.90. The molecule has 2 aromatic carbocycles. The first-order chi connectivity index (χ1) is 12.4. The monoisotopic (exact) mass is 376 g/mol. The van der Waals surface area contributed by atoms with Crippen LogP contribution in [0.25, 0.3) is 0 Å². The number of ether oxygens (including phenoxy) is 1. The van der Waals surface area contributed by atoms with Crippen LogP contribution in [0.5, 0.6) is 5.75 Å². The number of amides is 1. The number of hydrogen-bond donors (Lipinski definition) is 1. The third-order valence-corrected chi connectivity index (χ3v) is 5.15. The molecule has 1 atom stereocenters. The summed E-state index contributed by atoms with van der Waals surface area (Å²) in [4.78, 5) is 12.7. The van der Waals surface area contributed by atoms with Gasteiger partial charge in [-0.25, -0.2) is 8.42 Å². The van der Waals surface area contributed by atoms with Gasteiger partial charge >= 0.3 is 0 Å². The third kappa shape index (κ3) is 4.98. The van der Waals surface area contributed by atoms with Crippen molar-refractivity contribution in [1.29, 1.82) is 0 Å². The summed E-state index contributed by atoms with van der Waals surface area (Å²) in [7, 11) is -2.02. The number of nitrogens with one attached hydrogen (secondary N) is 1. The minimum atomic E-state index is -3.61. The average molecular weight is 376 g/mol. The fourth-order valence-electron chi connectivity index (χ4n) is 2.69. The van der Waals surface area contributed by atoms with Crippen LogP contribution in [0.4, 0.5) is 5.69 Å². The number of sulfonamides is 1. The van der Waals surface area contributed by atoms with E-state index >= 15 is 0 Å². The van der Waals surface area contributed by atoms with Gasteiger partial charge in [0.25, 0.3) is 0 Å². The molecule has 2 aromatic rings. The molecule has 1 N–H and O–H groups in total. The van der Waals surface area contributed by atoms with E-state index in [0.717, 1.165) is 17.6 Å². The summed E-state index contributed by atoms with van der Waals surface area (Å²) in [5.41, 5.74) is 1.38. The molecule has 140 valence electrons. The number of carbonyl (C=O) groups is 1. The molecule has 1 amide bonds. The first-order valence-electron chi connectivity index (χ1n) is 8.32. The van der Waals surface area contributed by atoms with Crippen molar-refractivity contribution in [2.45, 2.75) is 25.9 Å². The van der Waals surface area contributed by atoms with E-state index in [4.69, 9.17) is 4.74 Å². The molecular formula is C19H24N2O4S. The van der Waals surface area contributed by atoms with Crippen molar-refractivity contribution in [2.75, 3.05) is 17.7 Å². The average Bonchev–Trinajstić information content (AvgIpc) is 2.64. The van der Waals surface area contributed by atoms with Gasteiger partial charge in [-0.3, -0.25) is 9.10 Å². The smallest absolute Gasteiger partial charge is 0.244 e. The Morgan fingerprint density at radius 1 is 1.12 bits per heavy atom. The largest absolute Gasteiger partial charge is 0.497 e. The van der Waals surface area contributed by atoms with Gasteiger partial charge in [-0.2, -0.15) is 0 Å². The highest BCUT2D eigenvalue weighted by Gasteiger charge is 2.31. The zero-order chi connectivity index (χ0) is 19.2. The van der Waals surface area contributed by atoms with Crippen molar-refractivity contribution < 1.29 is 17.9 Å². The third-order valence-electron chi connectivity index (χ3n) is 3.97. The van der Waals surface area contributed by atoms with Crippen LogP contribution in [-0.2, 0) is 21.4 Å². The number of anilines is 1. The molecule has 2 rings (SSSR count). The second-order valence-electron chi connectivity index (χ2n) is 5.88. The van der Waals surface area contributed by atoms with Gasteiger partial charge in [-0.1, -0.05) is 37.3 Å². The zero-order valence-electron chi connectivity index (χ0n) is 15.2. The maximum absolute atomic E-state index is 12.7. The van der Waals surface area contributed by atoms with Crippen molar-refractivity contribution in [3.05, 3.63) is 60.2 Å². The Hall–Kier alpha value is -2.54. The van der Waals surface area contributed by atoms with Crippen LogP contribution in [0.15, 0.2) is 54.6 Å². The predicted octanol–water partition coefficient (Wildman–Crippen LogP) is 2.56. The summed E-state index contributed by atoms with van der Waals surface area (Å²) in [6, 6.07) is 15.2. The highest BCUT2D eigenvalue weighted by atomic mass is 32.2. The topological polar surface area (TPSA) is 75.7 Å². The van der Waals surface area contributed by atoms with Crippen molar-refractivity contribution in [1.82, 2.24) is 5.32 Å². The van der Waals surface area contributed by atoms with Gasteiger partial charge in [-0.05, 0) is 36.2 Å². The number of methoxy groups -OCH3 is 1. The molecule has 0 radical (unpaired) electrons. The molecule has 0 bridgehead atoms. The van der Waals surface area contributed by atoms with Crippen molar-refractivity contribution >= 4 is 21.6 Å². The van der Waals surface area contributed by atoms with Crippen molar-refractivity contribution in [2.24, 2.45) is 0 Å². The van der Waals surface area contributed by atoms with Gasteiger partial charge in [0.1, 0.15) is 11.8 Å². The summed E-state index contributed by atoms with van der Waals surface area (Å²) >= 11 is 0. The fraction of sp³-hybridized carbons (Fsp3) is 0.316. The molecule has 0 aromatic heterocycles. The van der Waals surface area contributed by atoms with E-state index in [-0.39, 0.29) is 5.91 Å². The number of para-hydroxylation sites is 1. The number of benzene rings is 2. The number of carbonyl (C=O) groups excluding carboxylic acids is 1. The van der Waals surface area contributed by atoms with E-state index in [9.17, 15) is 13.2 Å². The highest BCUT2D eigenvalue weighted by molar-refractivity contribution is 7.92. The lowest BCUT2D eigenvalue weighted by Gasteiger charge is -2.30. The number of rotatable bonds is 8. The van der Waals surface area contributed by atoms with Crippen LogP contribution < -0.4 is 14.4 Å². The lowest BCUT2D eigenvalue weighted by molar-refractivity contribution is -0.122. The molecule has 0 aliphatic rings. The van der Waals surface area contributed by atoms with E-state index in [0.29, 0.717) is 18.7 Å². The molecular weight excluding hydrogens is 352 g/mol. The molecule has 7 heteroatoms. The highest BCUT2D eigenvalue weighted by Crippen LogP contribution is 2.22. The molecule has 0 heterocycles. The van der Waals surface area contributed by atoms with Crippen LogP contribution in [0.3, 0.4) is 0 Å². The van der Waals surface area contributed by atoms with E-state index in [1.165, 1.54) is 4.31 Å². The van der Waals surface area contributed by atoms with Gasteiger partial charge in [0.05, 0.1) is 19.1 Å². The van der Waals surface area contributed by atoms with Crippen LogP contribution in [0.1, 0.15) is 18.9 Å². The second kappa shape index (κ2) is 8.71. The molecule has 0 saturated carbocycles. The lowest BCUT2D eigenvalue weighted by atomic mass is 10.1. The Morgan fingerprint density at radius 3 is 2.23 bits per heavy atom. The molecule has 0 fully saturated rings. The van der Waals surface area contributed by atoms with Crippen molar-refractivity contribution in [3.63, 3.8) is 0 Å². The Balaban J connectivity index is 2.17. The molecule has 0 saturated heterocycles. The first kappa shape index (κ1) is 19.8. The summed E-state index contributed by atoms with van der Waals surface area (Å²) in [6.45, 7) is 2.10. The van der Waals surface area contributed by atoms with Crippen molar-refractivity contribution in [3.8, 4) is 5.75 Å². The Bertz CT molecular complexity index is 820. The molecule has 0 aliphatic heterocycles. The van der Waals surface area contributed by atoms with Gasteiger partial charge < -0.3 is 10.1 Å². The second-order valence-corrected chi connectivity index (χ2v) is 7.74. The zero-order valence-corrected chi connectivity index (χ0v) is 16.0. The quantitative estimate of drug-likeness (QED) is 0.768. The van der Waals surface area contributed by atoms with Crippen LogP contribution >= 0.6 is 0 Å². The van der Waals surface area contributed by atoms with Crippen LogP contribution in [0, 0.1) is 0 Å². The summed E-state index contributed by atoms with van der Waals surface area (Å²) < 4.78 is 30.9. The lowest BCUT2D eigenvalue weighted by Crippen LogP contribution is -2.49. The standard InChI is InChI=1S/C19H24N2O4S/c1-4-18(21(26(3,23)24)16-8-6-5-7-9-16)19(22)20-14-15-10-12-17(25-2)13-11-15/h5-13,18H,4,14H2,1-3H3,(H,20,22)/t18-/m1/s1. The summed E-state index contributed by atoms with van der Waals surface area (Å²) in [5, 5.41) is 2.82. The Labute approximate surface area is 154 Å². The first-order valence-corrected chi connectivity index (χ1v) is 10.2. The van der Waals surface area contributed by atoms with Crippen LogP contribution in [-0.4, -0.2) is 33.7 Å². The minimum Gasteiger partial charge on any atom is -0.497 e. The normalized spacial score (nSPS) is 12.3. The maximum atomic E-state index is 12.7. The summed E-state index contributed by atoms with van der Waals surface area (Å²) in [5.74, 6) is 0.399. The predicted molar refractivity (Wildman–Crippen MR) is 103 cm³/mol. The number of nitrogens with zero attached hydrogens (tertiary/aromatic N) is 1. The molecule has 0 unspecified atom stereocenters. The van der Waals surface area contributed by atoms with E-state index in [2.05, 4.69) is 5.32 Å². The van der Waals surface area contributed by atoms with Gasteiger partial charge in [-0.15, -0.1) is 0 Å². The molecule has 6 nitrogen and oxygen atoms in total. The molecule has 26 heavy (non-hydrogen) atoms. The van der Waals surface area contributed by atoms with E-state index in [1.54, 1.807) is 44.4 Å². The van der Waals surface area contributed by atoms with Gasteiger partial charge in [0, 0.05) is 6.54 Å². The Kier molecular flexibility index (Phi) is 6.63. The molecule has 0 aliphatic carbocycles. The van der Waals surface area contributed by atoms with E-state index in [1.807, 2.05) is 24.3 Å². The maximum Gasteiger partial charge on any atom is 0.244 e.